The Morgan fingerprint density at radius 1 is 1.18 bits per heavy atom. The first kappa shape index (κ1) is 19.2. The number of esters is 2. The Labute approximate surface area is 164 Å². The maximum Gasteiger partial charge on any atom is 0.323 e. The van der Waals surface area contributed by atoms with E-state index in [0.29, 0.717) is 38.0 Å². The van der Waals surface area contributed by atoms with E-state index in [4.69, 9.17) is 13.9 Å². The molecule has 0 aromatic carbocycles. The number of furan rings is 1. The lowest BCUT2D eigenvalue weighted by atomic mass is 9.43. The number of hydrogen-bond donors (Lipinski definition) is 0. The summed E-state index contributed by atoms with van der Waals surface area (Å²) in [5, 5.41) is 0. The van der Waals surface area contributed by atoms with Crippen molar-refractivity contribution in [2.45, 2.75) is 51.4 Å². The quantitative estimate of drug-likeness (QED) is 0.449. The Hall–Kier alpha value is -2.11. The second kappa shape index (κ2) is 6.75. The number of ether oxygens (including phenoxy) is 2. The van der Waals surface area contributed by atoms with Gasteiger partial charge in [0.15, 0.2) is 5.41 Å². The number of carbonyl (C=O) groups is 3. The summed E-state index contributed by atoms with van der Waals surface area (Å²) in [6.45, 7) is 2.20. The van der Waals surface area contributed by atoms with Gasteiger partial charge in [-0.15, -0.1) is 0 Å². The van der Waals surface area contributed by atoms with Crippen LogP contribution in [0.2, 0.25) is 0 Å². The molecule has 1 aromatic rings. The van der Waals surface area contributed by atoms with E-state index >= 15 is 0 Å². The van der Waals surface area contributed by atoms with Crippen molar-refractivity contribution in [3.05, 3.63) is 23.7 Å². The van der Waals surface area contributed by atoms with Gasteiger partial charge in [0.1, 0.15) is 12.0 Å². The monoisotopic (exact) mass is 388 g/mol. The van der Waals surface area contributed by atoms with Crippen LogP contribution in [0.1, 0.15) is 56.3 Å². The van der Waals surface area contributed by atoms with Gasteiger partial charge in [0.25, 0.3) is 0 Å². The highest BCUT2D eigenvalue weighted by molar-refractivity contribution is 6.01. The molecule has 0 N–H and O–H groups in total. The molecule has 3 aliphatic carbocycles. The number of hydrogen-bond acceptors (Lipinski definition) is 6. The van der Waals surface area contributed by atoms with Gasteiger partial charge >= 0.3 is 11.9 Å². The molecule has 2 saturated carbocycles. The van der Waals surface area contributed by atoms with Gasteiger partial charge in [0.05, 0.1) is 20.5 Å². The first-order valence-corrected chi connectivity index (χ1v) is 10.2. The largest absolute Gasteiger partial charge is 0.469 e. The van der Waals surface area contributed by atoms with Crippen LogP contribution >= 0.6 is 0 Å². The molecule has 0 radical (unpaired) electrons. The third-order valence-electron chi connectivity index (χ3n) is 8.06. The summed E-state index contributed by atoms with van der Waals surface area (Å²) < 4.78 is 15.9. The molecular weight excluding hydrogens is 360 g/mol. The fraction of sp³-hybridized carbons (Fsp3) is 0.682. The van der Waals surface area contributed by atoms with Crippen LogP contribution in [0.25, 0.3) is 0 Å². The summed E-state index contributed by atoms with van der Waals surface area (Å²) in [6, 6.07) is 2.03. The molecule has 5 atom stereocenters. The van der Waals surface area contributed by atoms with Crippen molar-refractivity contribution < 1.29 is 28.3 Å². The fourth-order valence-electron chi connectivity index (χ4n) is 6.86. The van der Waals surface area contributed by atoms with Crippen molar-refractivity contribution in [3.63, 3.8) is 0 Å². The van der Waals surface area contributed by atoms with E-state index in [-0.39, 0.29) is 11.8 Å². The van der Waals surface area contributed by atoms with Crippen LogP contribution in [-0.4, -0.2) is 32.4 Å². The van der Waals surface area contributed by atoms with E-state index in [1.165, 1.54) is 19.8 Å². The van der Waals surface area contributed by atoms with Gasteiger partial charge in [0, 0.05) is 11.8 Å². The second-order valence-corrected chi connectivity index (χ2v) is 8.73. The highest BCUT2D eigenvalue weighted by Gasteiger charge is 2.67. The first-order valence-electron chi connectivity index (χ1n) is 10.2. The van der Waals surface area contributed by atoms with Gasteiger partial charge < -0.3 is 18.7 Å². The zero-order chi connectivity index (χ0) is 20.1. The number of rotatable bonds is 3. The van der Waals surface area contributed by atoms with Crippen LogP contribution in [0, 0.1) is 28.6 Å². The molecule has 4 rings (SSSR count). The summed E-state index contributed by atoms with van der Waals surface area (Å²) in [7, 11) is 2.60. The van der Waals surface area contributed by atoms with Gasteiger partial charge in [0.2, 0.25) is 0 Å². The minimum absolute atomic E-state index is 0.0476. The molecule has 1 heterocycles. The van der Waals surface area contributed by atoms with Crippen LogP contribution in [0.3, 0.4) is 0 Å². The van der Waals surface area contributed by atoms with Gasteiger partial charge in [-0.05, 0) is 61.0 Å². The van der Waals surface area contributed by atoms with E-state index in [0.717, 1.165) is 18.5 Å². The summed E-state index contributed by atoms with van der Waals surface area (Å²) >= 11 is 0. The standard InChI is InChI=1S/C22H28O6/c1-13-14-5-6-18-21(12-23,16(14)11-17-15(13)7-10-28-17)8-4-9-22(18,19(24)26-2)20(25)27-3/h7,10,12-14,16,18H,4-6,8-9,11H2,1-3H3/t13-,14+,16+,18-,21+/m1/s1. The predicted octanol–water partition coefficient (Wildman–Crippen LogP) is 3.28. The molecule has 2 fully saturated rings. The molecular formula is C22H28O6. The van der Waals surface area contributed by atoms with E-state index in [1.807, 2.05) is 6.07 Å². The third kappa shape index (κ3) is 2.29. The van der Waals surface area contributed by atoms with Crippen LogP contribution in [0.5, 0.6) is 0 Å². The average molecular weight is 388 g/mol. The minimum atomic E-state index is -1.40. The van der Waals surface area contributed by atoms with Crippen molar-refractivity contribution in [2.75, 3.05) is 14.2 Å². The van der Waals surface area contributed by atoms with E-state index < -0.39 is 28.7 Å². The number of carbonyl (C=O) groups excluding carboxylic acids is 3. The van der Waals surface area contributed by atoms with E-state index in [2.05, 4.69) is 6.92 Å². The predicted molar refractivity (Wildman–Crippen MR) is 99.3 cm³/mol. The zero-order valence-corrected chi connectivity index (χ0v) is 16.7. The van der Waals surface area contributed by atoms with Crippen LogP contribution in [0.15, 0.2) is 16.7 Å². The zero-order valence-electron chi connectivity index (χ0n) is 16.7. The molecule has 3 aliphatic rings. The lowest BCUT2D eigenvalue weighted by Crippen LogP contribution is -2.62. The molecule has 0 unspecified atom stereocenters. The summed E-state index contributed by atoms with van der Waals surface area (Å²) in [5.41, 5.74) is -0.925. The van der Waals surface area contributed by atoms with E-state index in [9.17, 15) is 14.4 Å². The molecule has 0 amide bonds. The molecule has 1 aromatic heterocycles. The van der Waals surface area contributed by atoms with Gasteiger partial charge in [-0.1, -0.05) is 13.3 Å². The number of aldehydes is 1. The average Bonchev–Trinajstić information content (AvgIpc) is 3.21. The Morgan fingerprint density at radius 2 is 1.89 bits per heavy atom. The SMILES string of the molecule is COC(=O)C1(C(=O)OC)CCC[C@]2(C=O)[C@H]3Cc4occc4[C@H](C)[C@@H]3CC[C@@H]12. The lowest BCUT2D eigenvalue weighted by Gasteiger charge is -2.59. The molecule has 6 heteroatoms. The topological polar surface area (TPSA) is 82.8 Å². The Bertz CT molecular complexity index is 779. The van der Waals surface area contributed by atoms with Gasteiger partial charge in [-0.25, -0.2) is 0 Å². The Morgan fingerprint density at radius 3 is 2.54 bits per heavy atom. The van der Waals surface area contributed by atoms with Crippen LogP contribution < -0.4 is 0 Å². The normalized spacial score (nSPS) is 35.7. The fourth-order valence-corrected chi connectivity index (χ4v) is 6.86. The highest BCUT2D eigenvalue weighted by atomic mass is 16.5. The minimum Gasteiger partial charge on any atom is -0.469 e. The molecule has 152 valence electrons. The molecule has 28 heavy (non-hydrogen) atoms. The van der Waals surface area contributed by atoms with Crippen molar-refractivity contribution in [2.24, 2.45) is 28.6 Å². The number of methoxy groups -OCH3 is 2. The summed E-state index contributed by atoms with van der Waals surface area (Å²) in [4.78, 5) is 38.6. The molecule has 0 saturated heterocycles. The van der Waals surface area contributed by atoms with E-state index in [1.54, 1.807) is 6.26 Å². The Kier molecular flexibility index (Phi) is 4.63. The van der Waals surface area contributed by atoms with Crippen molar-refractivity contribution in [1.29, 1.82) is 0 Å². The first-order chi connectivity index (χ1) is 13.5. The Balaban J connectivity index is 1.84. The summed E-state index contributed by atoms with van der Waals surface area (Å²) in [6.07, 6.45) is 6.60. The smallest absolute Gasteiger partial charge is 0.323 e. The van der Waals surface area contributed by atoms with Gasteiger partial charge in [-0.3, -0.25) is 9.59 Å². The van der Waals surface area contributed by atoms with Crippen LogP contribution in [0.4, 0.5) is 0 Å². The number of fused-ring (bicyclic) bond motifs is 4. The molecule has 0 spiro atoms. The molecule has 0 aliphatic heterocycles. The maximum atomic E-state index is 12.9. The van der Waals surface area contributed by atoms with Crippen LogP contribution in [-0.2, 0) is 30.3 Å². The molecule has 6 nitrogen and oxygen atoms in total. The second-order valence-electron chi connectivity index (χ2n) is 8.73. The van der Waals surface area contributed by atoms with Crippen molar-refractivity contribution >= 4 is 18.2 Å². The van der Waals surface area contributed by atoms with Crippen molar-refractivity contribution in [3.8, 4) is 0 Å². The highest BCUT2D eigenvalue weighted by Crippen LogP contribution is 2.64. The maximum absolute atomic E-state index is 12.9. The van der Waals surface area contributed by atoms with Gasteiger partial charge in [-0.2, -0.15) is 0 Å². The van der Waals surface area contributed by atoms with Crippen molar-refractivity contribution in [1.82, 2.24) is 0 Å². The third-order valence-corrected chi connectivity index (χ3v) is 8.06. The molecule has 0 bridgehead atoms. The summed E-state index contributed by atoms with van der Waals surface area (Å²) in [5.74, 6) is 0.0495. The lowest BCUT2D eigenvalue weighted by molar-refractivity contribution is -0.193.